The monoisotopic (exact) mass is 286 g/mol. The molecule has 0 aliphatic carbocycles. The van der Waals surface area contributed by atoms with Gasteiger partial charge < -0.3 is 4.90 Å². The van der Waals surface area contributed by atoms with Crippen LogP contribution in [0.5, 0.6) is 0 Å². The third kappa shape index (κ3) is 2.54. The fourth-order valence-corrected chi connectivity index (χ4v) is 2.55. The second-order valence-corrected chi connectivity index (χ2v) is 6.06. The first-order chi connectivity index (χ1) is 7.48. The van der Waals surface area contributed by atoms with Crippen molar-refractivity contribution in [3.63, 3.8) is 0 Å². The van der Waals surface area contributed by atoms with Crippen LogP contribution in [0.2, 0.25) is 0 Å². The van der Waals surface area contributed by atoms with Crippen molar-refractivity contribution in [3.05, 3.63) is 22.6 Å². The Morgan fingerprint density at radius 2 is 2.25 bits per heavy atom. The number of anilines is 1. The fourth-order valence-electron chi connectivity index (χ4n) is 2.24. The van der Waals surface area contributed by atoms with E-state index >= 15 is 0 Å². The molecular formula is C12H16BrFN2. The van der Waals surface area contributed by atoms with Crippen LogP contribution in [0.3, 0.4) is 0 Å². The molecule has 1 aromatic rings. The molecule has 0 spiro atoms. The van der Waals surface area contributed by atoms with Crippen molar-refractivity contribution in [2.45, 2.75) is 26.7 Å². The molecule has 2 heterocycles. The van der Waals surface area contributed by atoms with Gasteiger partial charge in [-0.2, -0.15) is 0 Å². The van der Waals surface area contributed by atoms with E-state index in [1.54, 1.807) is 6.20 Å². The molecule has 4 heteroatoms. The molecule has 1 aromatic heterocycles. The van der Waals surface area contributed by atoms with E-state index in [2.05, 4.69) is 34.8 Å². The van der Waals surface area contributed by atoms with Crippen LogP contribution in [0.4, 0.5) is 10.2 Å². The maximum absolute atomic E-state index is 13.8. The van der Waals surface area contributed by atoms with Gasteiger partial charge in [0.05, 0.1) is 0 Å². The highest BCUT2D eigenvalue weighted by molar-refractivity contribution is 9.10. The summed E-state index contributed by atoms with van der Waals surface area (Å²) in [6, 6.07) is 1.48. The van der Waals surface area contributed by atoms with Gasteiger partial charge >= 0.3 is 0 Å². The third-order valence-electron chi connectivity index (χ3n) is 2.99. The molecule has 0 aromatic carbocycles. The van der Waals surface area contributed by atoms with Gasteiger partial charge in [-0.05, 0) is 40.3 Å². The number of hydrogen-bond donors (Lipinski definition) is 0. The predicted octanol–water partition coefficient (Wildman–Crippen LogP) is 3.61. The van der Waals surface area contributed by atoms with E-state index in [0.29, 0.717) is 10.3 Å². The SMILES string of the molecule is CC1(C)CCCN(c2ncc(Br)cc2F)C1. The molecule has 2 rings (SSSR count). The lowest BCUT2D eigenvalue weighted by Gasteiger charge is -2.38. The predicted molar refractivity (Wildman–Crippen MR) is 67.1 cm³/mol. The lowest BCUT2D eigenvalue weighted by atomic mass is 9.84. The summed E-state index contributed by atoms with van der Waals surface area (Å²) in [5.41, 5.74) is 0.249. The summed E-state index contributed by atoms with van der Waals surface area (Å²) in [5.74, 6) is 0.239. The molecule has 0 atom stereocenters. The number of aromatic nitrogens is 1. The van der Waals surface area contributed by atoms with E-state index in [4.69, 9.17) is 0 Å². The number of piperidine rings is 1. The Morgan fingerprint density at radius 1 is 1.50 bits per heavy atom. The van der Waals surface area contributed by atoms with Crippen molar-refractivity contribution >= 4 is 21.7 Å². The van der Waals surface area contributed by atoms with Crippen molar-refractivity contribution in [1.82, 2.24) is 4.98 Å². The average molecular weight is 287 g/mol. The lowest BCUT2D eigenvalue weighted by molar-refractivity contribution is 0.290. The van der Waals surface area contributed by atoms with Gasteiger partial charge in [-0.3, -0.25) is 0 Å². The molecule has 1 saturated heterocycles. The van der Waals surface area contributed by atoms with Crippen molar-refractivity contribution in [2.24, 2.45) is 5.41 Å². The average Bonchev–Trinajstić information content (AvgIpc) is 2.15. The number of nitrogens with zero attached hydrogens (tertiary/aromatic N) is 2. The van der Waals surface area contributed by atoms with Crippen LogP contribution < -0.4 is 4.90 Å². The molecule has 0 unspecified atom stereocenters. The van der Waals surface area contributed by atoms with E-state index < -0.39 is 0 Å². The molecular weight excluding hydrogens is 271 g/mol. The highest BCUT2D eigenvalue weighted by atomic mass is 79.9. The second kappa shape index (κ2) is 4.32. The minimum Gasteiger partial charge on any atom is -0.354 e. The second-order valence-electron chi connectivity index (χ2n) is 5.15. The summed E-state index contributed by atoms with van der Waals surface area (Å²) in [4.78, 5) is 6.22. The van der Waals surface area contributed by atoms with Crippen LogP contribution in [0.1, 0.15) is 26.7 Å². The Balaban J connectivity index is 2.23. The van der Waals surface area contributed by atoms with Gasteiger partial charge in [0.2, 0.25) is 0 Å². The zero-order valence-corrected chi connectivity index (χ0v) is 11.2. The van der Waals surface area contributed by atoms with Crippen LogP contribution in [0.25, 0.3) is 0 Å². The maximum Gasteiger partial charge on any atom is 0.166 e. The van der Waals surface area contributed by atoms with Gasteiger partial charge in [0.25, 0.3) is 0 Å². The van der Waals surface area contributed by atoms with E-state index in [-0.39, 0.29) is 11.2 Å². The van der Waals surface area contributed by atoms with Crippen molar-refractivity contribution in [2.75, 3.05) is 18.0 Å². The minimum absolute atomic E-state index is 0.243. The fraction of sp³-hybridized carbons (Fsp3) is 0.583. The summed E-state index contributed by atoms with van der Waals surface area (Å²) < 4.78 is 14.4. The normalized spacial score (nSPS) is 19.9. The molecule has 16 heavy (non-hydrogen) atoms. The molecule has 0 saturated carbocycles. The zero-order valence-electron chi connectivity index (χ0n) is 9.63. The third-order valence-corrected chi connectivity index (χ3v) is 3.42. The lowest BCUT2D eigenvalue weighted by Crippen LogP contribution is -2.40. The van der Waals surface area contributed by atoms with Crippen molar-refractivity contribution in [3.8, 4) is 0 Å². The first kappa shape index (κ1) is 11.8. The summed E-state index contributed by atoms with van der Waals surface area (Å²) in [5, 5.41) is 0. The maximum atomic E-state index is 13.8. The first-order valence-corrected chi connectivity index (χ1v) is 6.33. The van der Waals surface area contributed by atoms with Gasteiger partial charge in [0, 0.05) is 23.8 Å². The Kier molecular flexibility index (Phi) is 3.19. The molecule has 0 radical (unpaired) electrons. The Hall–Kier alpha value is -0.640. The topological polar surface area (TPSA) is 16.1 Å². The van der Waals surface area contributed by atoms with Crippen molar-refractivity contribution in [1.29, 1.82) is 0 Å². The van der Waals surface area contributed by atoms with Gasteiger partial charge in [-0.1, -0.05) is 13.8 Å². The summed E-state index contributed by atoms with van der Waals surface area (Å²) in [7, 11) is 0. The summed E-state index contributed by atoms with van der Waals surface area (Å²) >= 11 is 3.22. The Morgan fingerprint density at radius 3 is 2.88 bits per heavy atom. The number of pyridine rings is 1. The first-order valence-electron chi connectivity index (χ1n) is 5.54. The van der Waals surface area contributed by atoms with Crippen LogP contribution in [-0.4, -0.2) is 18.1 Å². The number of halogens is 2. The zero-order chi connectivity index (χ0) is 11.8. The standard InChI is InChI=1S/C12H16BrFN2/c1-12(2)4-3-5-16(8-12)11-10(14)6-9(13)7-15-11/h6-7H,3-5,8H2,1-2H3. The van der Waals surface area contributed by atoms with Crippen molar-refractivity contribution < 1.29 is 4.39 Å². The summed E-state index contributed by atoms with van der Waals surface area (Å²) in [6.07, 6.45) is 3.95. The van der Waals surface area contributed by atoms with Gasteiger partial charge in [0.15, 0.2) is 11.6 Å². The molecule has 1 aliphatic rings. The van der Waals surface area contributed by atoms with E-state index in [0.717, 1.165) is 19.5 Å². The van der Waals surface area contributed by atoms with E-state index in [1.165, 1.54) is 12.5 Å². The molecule has 0 bridgehead atoms. The van der Waals surface area contributed by atoms with Crippen LogP contribution in [0, 0.1) is 11.2 Å². The Bertz CT molecular complexity index is 393. The van der Waals surface area contributed by atoms with Gasteiger partial charge in [0.1, 0.15) is 0 Å². The smallest absolute Gasteiger partial charge is 0.166 e. The molecule has 88 valence electrons. The quantitative estimate of drug-likeness (QED) is 0.784. The number of rotatable bonds is 1. The van der Waals surface area contributed by atoms with E-state index in [9.17, 15) is 4.39 Å². The van der Waals surface area contributed by atoms with Gasteiger partial charge in [-0.25, -0.2) is 9.37 Å². The van der Waals surface area contributed by atoms with Crippen LogP contribution in [-0.2, 0) is 0 Å². The Labute approximate surface area is 104 Å². The van der Waals surface area contributed by atoms with Crippen LogP contribution in [0.15, 0.2) is 16.7 Å². The largest absolute Gasteiger partial charge is 0.354 e. The van der Waals surface area contributed by atoms with Crippen LogP contribution >= 0.6 is 15.9 Å². The van der Waals surface area contributed by atoms with E-state index in [1.807, 2.05) is 4.90 Å². The molecule has 0 N–H and O–H groups in total. The summed E-state index contributed by atoms with van der Waals surface area (Å²) in [6.45, 7) is 6.21. The molecule has 2 nitrogen and oxygen atoms in total. The number of hydrogen-bond acceptors (Lipinski definition) is 2. The minimum atomic E-state index is -0.243. The molecule has 1 aliphatic heterocycles. The highest BCUT2D eigenvalue weighted by Crippen LogP contribution is 2.32. The molecule has 1 fully saturated rings. The molecule has 0 amide bonds. The highest BCUT2D eigenvalue weighted by Gasteiger charge is 2.28. The van der Waals surface area contributed by atoms with Gasteiger partial charge in [-0.15, -0.1) is 0 Å².